The van der Waals surface area contributed by atoms with E-state index in [4.69, 9.17) is 0 Å². The Hall–Kier alpha value is -0.890. The first-order valence-corrected chi connectivity index (χ1v) is 4.28. The summed E-state index contributed by atoms with van der Waals surface area (Å²) in [6, 6.07) is 8.03. The van der Waals surface area contributed by atoms with E-state index in [-0.39, 0.29) is 0 Å². The Labute approximate surface area is 71.6 Å². The van der Waals surface area contributed by atoms with Crippen molar-refractivity contribution >= 4 is 0 Å². The molecule has 0 unspecified atom stereocenters. The van der Waals surface area contributed by atoms with E-state index in [0.29, 0.717) is 13.0 Å². The van der Waals surface area contributed by atoms with E-state index in [2.05, 4.69) is 11.4 Å². The van der Waals surface area contributed by atoms with E-state index >= 15 is 0 Å². The predicted octanol–water partition coefficient (Wildman–Crippen LogP) is 1.67. The van der Waals surface area contributed by atoms with Crippen LogP contribution in [0.4, 0.5) is 4.39 Å². The Balaban J connectivity index is 2.31. The van der Waals surface area contributed by atoms with Gasteiger partial charge in [-0.3, -0.25) is 0 Å². The van der Waals surface area contributed by atoms with Crippen LogP contribution in [0.5, 0.6) is 0 Å². The summed E-state index contributed by atoms with van der Waals surface area (Å²) >= 11 is 0. The summed E-state index contributed by atoms with van der Waals surface area (Å²) in [6.45, 7) is 1.28. The second kappa shape index (κ2) is 3.23. The summed E-state index contributed by atoms with van der Waals surface area (Å²) in [5.41, 5.74) is 2.38. The van der Waals surface area contributed by atoms with Gasteiger partial charge in [-0.1, -0.05) is 24.3 Å². The van der Waals surface area contributed by atoms with Gasteiger partial charge in [-0.05, 0) is 11.1 Å². The maximum Gasteiger partial charge on any atom is 0.117 e. The van der Waals surface area contributed by atoms with Crippen LogP contribution >= 0.6 is 0 Å². The van der Waals surface area contributed by atoms with Crippen LogP contribution in [-0.2, 0) is 13.0 Å². The summed E-state index contributed by atoms with van der Waals surface area (Å²) in [5.74, 6) is 0. The molecule has 0 saturated carbocycles. The van der Waals surface area contributed by atoms with Crippen LogP contribution in [-0.4, -0.2) is 12.7 Å². The second-order valence-electron chi connectivity index (χ2n) is 3.20. The Morgan fingerprint density at radius 1 is 1.25 bits per heavy atom. The molecule has 0 saturated heterocycles. The topological polar surface area (TPSA) is 12.0 Å². The number of halogens is 1. The molecule has 1 aliphatic rings. The molecule has 1 aromatic rings. The molecule has 0 fully saturated rings. The Bertz CT molecular complexity index is 272. The molecule has 0 aliphatic carbocycles. The van der Waals surface area contributed by atoms with Gasteiger partial charge in [0.15, 0.2) is 0 Å². The largest absolute Gasteiger partial charge is 0.310 e. The average molecular weight is 165 g/mol. The fourth-order valence-corrected chi connectivity index (χ4v) is 1.60. The molecule has 1 aliphatic heterocycles. The van der Waals surface area contributed by atoms with Gasteiger partial charge in [0.2, 0.25) is 0 Å². The zero-order valence-electron chi connectivity index (χ0n) is 6.89. The van der Waals surface area contributed by atoms with Crippen molar-refractivity contribution in [3.05, 3.63) is 35.4 Å². The van der Waals surface area contributed by atoms with Gasteiger partial charge in [-0.2, -0.15) is 0 Å². The van der Waals surface area contributed by atoms with E-state index in [1.165, 1.54) is 5.56 Å². The molecule has 0 aromatic heterocycles. The van der Waals surface area contributed by atoms with Crippen LogP contribution in [0, 0.1) is 0 Å². The molecule has 1 aromatic carbocycles. The van der Waals surface area contributed by atoms with Crippen molar-refractivity contribution in [3.63, 3.8) is 0 Å². The van der Waals surface area contributed by atoms with E-state index < -0.39 is 6.17 Å². The van der Waals surface area contributed by atoms with Gasteiger partial charge in [0.25, 0.3) is 0 Å². The number of hydrogen-bond donors (Lipinski definition) is 1. The molecule has 2 heteroatoms. The average Bonchev–Trinajstić information content (AvgIpc) is 2.25. The van der Waals surface area contributed by atoms with Gasteiger partial charge in [0.05, 0.1) is 0 Å². The molecule has 12 heavy (non-hydrogen) atoms. The standard InChI is InChI=1S/C10H12FN/c11-10-5-8-3-1-2-4-9(8)6-12-7-10/h1-4,10,12H,5-7H2/t10-/m1/s1. The number of alkyl halides is 1. The SMILES string of the molecule is F[C@H]1CNCc2ccccc2C1. The minimum atomic E-state index is -0.728. The predicted molar refractivity (Wildman–Crippen MR) is 46.7 cm³/mol. The molecular formula is C10H12FN. The monoisotopic (exact) mass is 165 g/mol. The first-order valence-electron chi connectivity index (χ1n) is 4.28. The van der Waals surface area contributed by atoms with E-state index in [9.17, 15) is 4.39 Å². The molecule has 0 radical (unpaired) electrons. The lowest BCUT2D eigenvalue weighted by Gasteiger charge is -2.03. The maximum absolute atomic E-state index is 13.1. The second-order valence-corrected chi connectivity index (χ2v) is 3.20. The number of rotatable bonds is 0. The van der Waals surface area contributed by atoms with Crippen molar-refractivity contribution in [1.82, 2.24) is 5.32 Å². The van der Waals surface area contributed by atoms with Crippen molar-refractivity contribution in [2.75, 3.05) is 6.54 Å². The highest BCUT2D eigenvalue weighted by molar-refractivity contribution is 5.28. The van der Waals surface area contributed by atoms with Crippen LogP contribution in [0.3, 0.4) is 0 Å². The molecule has 1 nitrogen and oxygen atoms in total. The zero-order valence-corrected chi connectivity index (χ0v) is 6.89. The third kappa shape index (κ3) is 1.48. The van der Waals surface area contributed by atoms with Gasteiger partial charge in [0.1, 0.15) is 6.17 Å². The Morgan fingerprint density at radius 3 is 2.83 bits per heavy atom. The molecule has 0 spiro atoms. The summed E-state index contributed by atoms with van der Waals surface area (Å²) in [4.78, 5) is 0. The highest BCUT2D eigenvalue weighted by Crippen LogP contribution is 2.14. The third-order valence-electron chi connectivity index (χ3n) is 2.24. The lowest BCUT2D eigenvalue weighted by atomic mass is 10.0. The molecular weight excluding hydrogens is 153 g/mol. The normalized spacial score (nSPS) is 22.9. The van der Waals surface area contributed by atoms with Gasteiger partial charge in [-0.15, -0.1) is 0 Å². The first kappa shape index (κ1) is 7.74. The molecule has 1 atom stereocenters. The molecule has 1 N–H and O–H groups in total. The third-order valence-corrected chi connectivity index (χ3v) is 2.24. The van der Waals surface area contributed by atoms with Crippen molar-refractivity contribution in [1.29, 1.82) is 0 Å². The van der Waals surface area contributed by atoms with Crippen molar-refractivity contribution in [3.8, 4) is 0 Å². The highest BCUT2D eigenvalue weighted by Gasteiger charge is 2.13. The molecule has 1 heterocycles. The van der Waals surface area contributed by atoms with E-state index in [1.807, 2.05) is 18.2 Å². The van der Waals surface area contributed by atoms with Crippen molar-refractivity contribution < 1.29 is 4.39 Å². The Kier molecular flexibility index (Phi) is 2.09. The van der Waals surface area contributed by atoms with Crippen LogP contribution in [0.1, 0.15) is 11.1 Å². The number of fused-ring (bicyclic) bond motifs is 1. The van der Waals surface area contributed by atoms with Gasteiger partial charge in [-0.25, -0.2) is 4.39 Å². The summed E-state index contributed by atoms with van der Waals surface area (Å²) < 4.78 is 13.1. The summed E-state index contributed by atoms with van der Waals surface area (Å²) in [6.07, 6.45) is -0.169. The van der Waals surface area contributed by atoms with Crippen LogP contribution in [0.25, 0.3) is 0 Å². The first-order chi connectivity index (χ1) is 5.86. The molecule has 0 amide bonds. The van der Waals surface area contributed by atoms with Crippen molar-refractivity contribution in [2.24, 2.45) is 0 Å². The van der Waals surface area contributed by atoms with Crippen LogP contribution in [0.15, 0.2) is 24.3 Å². The number of hydrogen-bond acceptors (Lipinski definition) is 1. The van der Waals surface area contributed by atoms with Gasteiger partial charge in [0, 0.05) is 19.5 Å². The number of benzene rings is 1. The fourth-order valence-electron chi connectivity index (χ4n) is 1.60. The molecule has 64 valence electrons. The van der Waals surface area contributed by atoms with Crippen LogP contribution in [0.2, 0.25) is 0 Å². The zero-order chi connectivity index (χ0) is 8.39. The number of nitrogens with one attached hydrogen (secondary N) is 1. The smallest absolute Gasteiger partial charge is 0.117 e. The minimum absolute atomic E-state index is 0.481. The quantitative estimate of drug-likeness (QED) is 0.616. The molecule has 0 bridgehead atoms. The molecule has 2 rings (SSSR count). The Morgan fingerprint density at radius 2 is 2.00 bits per heavy atom. The maximum atomic E-state index is 13.1. The van der Waals surface area contributed by atoms with E-state index in [0.717, 1.165) is 12.1 Å². The van der Waals surface area contributed by atoms with E-state index in [1.54, 1.807) is 0 Å². The lowest BCUT2D eigenvalue weighted by molar-refractivity contribution is 0.324. The highest BCUT2D eigenvalue weighted by atomic mass is 19.1. The minimum Gasteiger partial charge on any atom is -0.310 e. The fraction of sp³-hybridized carbons (Fsp3) is 0.400. The van der Waals surface area contributed by atoms with Gasteiger partial charge >= 0.3 is 0 Å². The lowest BCUT2D eigenvalue weighted by Crippen LogP contribution is -2.20. The summed E-state index contributed by atoms with van der Waals surface area (Å²) in [5, 5.41) is 3.08. The van der Waals surface area contributed by atoms with Crippen LogP contribution < -0.4 is 5.32 Å². The summed E-state index contributed by atoms with van der Waals surface area (Å²) in [7, 11) is 0. The van der Waals surface area contributed by atoms with Gasteiger partial charge < -0.3 is 5.32 Å². The van der Waals surface area contributed by atoms with Crippen molar-refractivity contribution in [2.45, 2.75) is 19.1 Å².